The van der Waals surface area contributed by atoms with E-state index in [0.29, 0.717) is 29.1 Å². The van der Waals surface area contributed by atoms with Gasteiger partial charge in [0.15, 0.2) is 17.8 Å². The van der Waals surface area contributed by atoms with Crippen LogP contribution in [0.5, 0.6) is 5.88 Å². The van der Waals surface area contributed by atoms with Crippen molar-refractivity contribution in [3.8, 4) is 28.3 Å². The van der Waals surface area contributed by atoms with Crippen molar-refractivity contribution in [2.24, 2.45) is 0 Å². The molecule has 2 aliphatic heterocycles. The van der Waals surface area contributed by atoms with Crippen LogP contribution < -0.4 is 4.74 Å². The summed E-state index contributed by atoms with van der Waals surface area (Å²) in [5, 5.41) is 10.2. The third-order valence-electron chi connectivity index (χ3n) is 7.95. The maximum absolute atomic E-state index is 15.7. The molecule has 0 spiro atoms. The van der Waals surface area contributed by atoms with Crippen molar-refractivity contribution in [3.05, 3.63) is 66.5 Å². The maximum Gasteiger partial charge on any atom is 0.198 e. The fraction of sp³-hybridized carbons (Fsp3) is 0.406. The van der Waals surface area contributed by atoms with E-state index in [0.717, 1.165) is 22.1 Å². The number of aliphatic hydroxyl groups excluding tert-OH is 1. The number of fused-ring (bicyclic) bond motifs is 2. The first-order chi connectivity index (χ1) is 20.6. The largest absolute Gasteiger partial charge is 0.470 e. The SMILES string of the molecule is CS(=O)c1ccc(-c2ccc(-c3nc4cc(O[C@@H]5CO[C@H]6[C@@H]5OC[C@H]6O)n(COCC[Si](C)(C)C)c4cc3F)cc2)cc1. The summed E-state index contributed by atoms with van der Waals surface area (Å²) >= 11 is 0. The van der Waals surface area contributed by atoms with E-state index in [4.69, 9.17) is 23.9 Å². The summed E-state index contributed by atoms with van der Waals surface area (Å²) < 4.78 is 53.1. The summed E-state index contributed by atoms with van der Waals surface area (Å²) in [5.41, 5.74) is 3.98. The Bertz CT molecular complexity index is 1620. The molecule has 2 saturated heterocycles. The molecule has 11 heteroatoms. The van der Waals surface area contributed by atoms with Crippen LogP contribution in [0.15, 0.2) is 65.6 Å². The summed E-state index contributed by atoms with van der Waals surface area (Å²) in [6.45, 7) is 8.15. The molecular weight excluding hydrogens is 588 g/mol. The molecule has 2 aromatic carbocycles. The first-order valence-corrected chi connectivity index (χ1v) is 19.7. The highest BCUT2D eigenvalue weighted by atomic mass is 32.2. The van der Waals surface area contributed by atoms with E-state index in [1.165, 1.54) is 6.07 Å². The molecule has 5 atom stereocenters. The van der Waals surface area contributed by atoms with Crippen molar-refractivity contribution in [1.29, 1.82) is 0 Å². The van der Waals surface area contributed by atoms with Gasteiger partial charge in [-0.3, -0.25) is 8.78 Å². The van der Waals surface area contributed by atoms with Crippen molar-refractivity contribution >= 4 is 29.9 Å². The molecule has 0 bridgehead atoms. The van der Waals surface area contributed by atoms with E-state index >= 15 is 4.39 Å². The number of nitrogens with zero attached hydrogens (tertiary/aromatic N) is 2. The average Bonchev–Trinajstić information content (AvgIpc) is 3.65. The molecule has 8 nitrogen and oxygen atoms in total. The van der Waals surface area contributed by atoms with Crippen molar-refractivity contribution in [2.45, 2.75) is 61.7 Å². The van der Waals surface area contributed by atoms with E-state index in [1.807, 2.05) is 48.5 Å². The van der Waals surface area contributed by atoms with E-state index in [9.17, 15) is 9.32 Å². The number of hydrogen-bond acceptors (Lipinski definition) is 7. The third-order valence-corrected chi connectivity index (χ3v) is 10.6. The van der Waals surface area contributed by atoms with Crippen LogP contribution in [0.2, 0.25) is 25.7 Å². The van der Waals surface area contributed by atoms with Gasteiger partial charge in [0.2, 0.25) is 0 Å². The lowest BCUT2D eigenvalue weighted by Gasteiger charge is -2.20. The van der Waals surface area contributed by atoms with Crippen LogP contribution in [0, 0.1) is 5.82 Å². The van der Waals surface area contributed by atoms with E-state index in [-0.39, 0.29) is 31.7 Å². The molecule has 0 radical (unpaired) electrons. The minimum absolute atomic E-state index is 0.189. The molecule has 6 rings (SSSR count). The molecule has 1 N–H and O–H groups in total. The van der Waals surface area contributed by atoms with Gasteiger partial charge in [-0.1, -0.05) is 56.0 Å². The minimum Gasteiger partial charge on any atom is -0.470 e. The highest BCUT2D eigenvalue weighted by molar-refractivity contribution is 7.84. The number of benzene rings is 2. The Labute approximate surface area is 254 Å². The first kappa shape index (κ1) is 30.1. The van der Waals surface area contributed by atoms with E-state index in [2.05, 4.69) is 19.6 Å². The van der Waals surface area contributed by atoms with Gasteiger partial charge in [0, 0.05) is 54.3 Å². The molecule has 0 saturated carbocycles. The highest BCUT2D eigenvalue weighted by Gasteiger charge is 2.48. The van der Waals surface area contributed by atoms with Gasteiger partial charge in [-0.25, -0.2) is 9.37 Å². The predicted octanol–water partition coefficient (Wildman–Crippen LogP) is 5.47. The molecule has 228 valence electrons. The van der Waals surface area contributed by atoms with Gasteiger partial charge in [-0.15, -0.1) is 0 Å². The number of halogens is 1. The monoisotopic (exact) mass is 624 g/mol. The first-order valence-electron chi connectivity index (χ1n) is 14.5. The summed E-state index contributed by atoms with van der Waals surface area (Å²) in [6.07, 6.45) is -0.251. The Morgan fingerprint density at radius 3 is 2.33 bits per heavy atom. The van der Waals surface area contributed by atoms with Crippen LogP contribution in [0.4, 0.5) is 4.39 Å². The molecule has 2 aliphatic rings. The van der Waals surface area contributed by atoms with E-state index in [1.54, 1.807) is 16.9 Å². The second-order valence-corrected chi connectivity index (χ2v) is 19.4. The molecule has 0 amide bonds. The Balaban J connectivity index is 1.29. The van der Waals surface area contributed by atoms with Crippen molar-refractivity contribution in [3.63, 3.8) is 0 Å². The minimum atomic E-state index is -1.29. The number of rotatable bonds is 10. The third kappa shape index (κ3) is 6.47. The number of aliphatic hydroxyl groups is 1. The standard InChI is InChI=1S/C32H37FN2O6SSi/c1-42(37)23-11-9-21(10-12-23)20-5-7-22(8-6-20)30-24(33)15-26-25(34-30)16-29(35(26)19-38-13-14-43(2,3)4)41-28-18-40-31-27(36)17-39-32(28)31/h5-12,15-16,27-28,31-32,36H,13-14,17-19H2,1-4H3/t27-,28-,31-,32-,42?/m1/s1. The van der Waals surface area contributed by atoms with Crippen molar-refractivity contribution in [2.75, 3.05) is 26.1 Å². The quantitative estimate of drug-likeness (QED) is 0.185. The zero-order valence-electron chi connectivity index (χ0n) is 24.8. The maximum atomic E-state index is 15.7. The summed E-state index contributed by atoms with van der Waals surface area (Å²) in [7, 11) is -2.33. The zero-order valence-corrected chi connectivity index (χ0v) is 26.6. The lowest BCUT2D eigenvalue weighted by molar-refractivity contribution is 0.00479. The summed E-state index contributed by atoms with van der Waals surface area (Å²) in [4.78, 5) is 5.49. The summed E-state index contributed by atoms with van der Waals surface area (Å²) in [5.74, 6) is 0.0348. The molecular formula is C32H37FN2O6SSi. The lowest BCUT2D eigenvalue weighted by Crippen LogP contribution is -2.35. The molecule has 4 aromatic rings. The highest BCUT2D eigenvalue weighted by Crippen LogP contribution is 2.34. The van der Waals surface area contributed by atoms with Gasteiger partial charge >= 0.3 is 0 Å². The molecule has 4 heterocycles. The van der Waals surface area contributed by atoms with Crippen LogP contribution >= 0.6 is 0 Å². The second-order valence-electron chi connectivity index (χ2n) is 12.4. The normalized spacial score (nSPS) is 22.7. The van der Waals surface area contributed by atoms with Crippen molar-refractivity contribution < 1.29 is 32.7 Å². The van der Waals surface area contributed by atoms with Gasteiger partial charge in [-0.2, -0.15) is 0 Å². The van der Waals surface area contributed by atoms with Crippen LogP contribution in [-0.4, -0.2) is 77.4 Å². The Morgan fingerprint density at radius 1 is 1.00 bits per heavy atom. The smallest absolute Gasteiger partial charge is 0.198 e. The van der Waals surface area contributed by atoms with E-state index < -0.39 is 43.0 Å². The second kappa shape index (κ2) is 12.2. The van der Waals surface area contributed by atoms with Crippen molar-refractivity contribution in [1.82, 2.24) is 9.55 Å². The van der Waals surface area contributed by atoms with Gasteiger partial charge in [-0.05, 0) is 29.3 Å². The van der Waals surface area contributed by atoms with Crippen LogP contribution in [0.1, 0.15) is 0 Å². The van der Waals surface area contributed by atoms with Gasteiger partial charge in [0.1, 0.15) is 30.7 Å². The fourth-order valence-electron chi connectivity index (χ4n) is 5.46. The van der Waals surface area contributed by atoms with Crippen LogP contribution in [-0.2, 0) is 31.7 Å². The van der Waals surface area contributed by atoms with Gasteiger partial charge in [0.25, 0.3) is 0 Å². The number of pyridine rings is 1. The molecule has 2 aromatic heterocycles. The Morgan fingerprint density at radius 2 is 1.65 bits per heavy atom. The fourth-order valence-corrected chi connectivity index (χ4v) is 6.73. The summed E-state index contributed by atoms with van der Waals surface area (Å²) in [6, 6.07) is 19.4. The molecule has 43 heavy (non-hydrogen) atoms. The van der Waals surface area contributed by atoms with Gasteiger partial charge in [0.05, 0.1) is 24.2 Å². The lowest BCUT2D eigenvalue weighted by atomic mass is 10.0. The number of ether oxygens (including phenoxy) is 4. The van der Waals surface area contributed by atoms with Crippen LogP contribution in [0.25, 0.3) is 33.4 Å². The Hall–Kier alpha value is -2.93. The number of hydrogen-bond donors (Lipinski definition) is 1. The molecule has 2 fully saturated rings. The van der Waals surface area contributed by atoms with Gasteiger partial charge < -0.3 is 24.1 Å². The topological polar surface area (TPSA) is 92.0 Å². The molecule has 1 unspecified atom stereocenters. The molecule has 0 aliphatic carbocycles. The zero-order chi connectivity index (χ0) is 30.3. The number of aromatic nitrogens is 2. The average molecular weight is 625 g/mol. The van der Waals surface area contributed by atoms with Crippen LogP contribution in [0.3, 0.4) is 0 Å². The predicted molar refractivity (Wildman–Crippen MR) is 167 cm³/mol. The Kier molecular flexibility index (Phi) is 8.56.